The first-order valence-electron chi connectivity index (χ1n) is 11.1. The van der Waals surface area contributed by atoms with E-state index < -0.39 is 45.6 Å². The predicted octanol–water partition coefficient (Wildman–Crippen LogP) is 1.33. The first-order valence-corrected chi connectivity index (χ1v) is 12.9. The van der Waals surface area contributed by atoms with Gasteiger partial charge >= 0.3 is 5.97 Å². The van der Waals surface area contributed by atoms with E-state index in [-0.39, 0.29) is 54.6 Å². The van der Waals surface area contributed by atoms with Crippen molar-refractivity contribution in [3.8, 4) is 5.75 Å². The van der Waals surface area contributed by atoms with Gasteiger partial charge in [-0.25, -0.2) is 9.18 Å². The van der Waals surface area contributed by atoms with Crippen molar-refractivity contribution >= 4 is 32.7 Å². The predicted molar refractivity (Wildman–Crippen MR) is 119 cm³/mol. The fraction of sp³-hybridized carbons (Fsp3) is 0.545. The molecule has 3 aliphatic rings. The Morgan fingerprint density at radius 2 is 2.09 bits per heavy atom. The van der Waals surface area contributed by atoms with Crippen LogP contribution in [-0.2, 0) is 19.0 Å². The van der Waals surface area contributed by atoms with E-state index in [0.29, 0.717) is 5.52 Å². The second kappa shape index (κ2) is 7.92. The standard InChI is InChI=1S/C22H25FN2O8S/c1-3-31-21(27)15-8-24(12-4-5-12)17-14(19(15)26)6-16(23)18-20(17)32-9-13-7-22(28,10-25(13)18)11-33-34(2,29)30/h6,8,12-13,28H,3-5,7,9-11H2,1-2H3/t13-,22+/m1/s1. The van der Waals surface area contributed by atoms with Crippen LogP contribution in [0.4, 0.5) is 10.1 Å². The number of pyridine rings is 1. The highest BCUT2D eigenvalue weighted by molar-refractivity contribution is 7.85. The van der Waals surface area contributed by atoms with Gasteiger partial charge in [0.15, 0.2) is 11.6 Å². The molecule has 2 fully saturated rings. The molecule has 5 rings (SSSR count). The fourth-order valence-electron chi connectivity index (χ4n) is 4.81. The lowest BCUT2D eigenvalue weighted by molar-refractivity contribution is 0.0133. The van der Waals surface area contributed by atoms with Crippen molar-refractivity contribution < 1.29 is 36.4 Å². The molecular weight excluding hydrogens is 471 g/mol. The molecular formula is C22H25FN2O8S. The van der Waals surface area contributed by atoms with Crippen LogP contribution < -0.4 is 15.1 Å². The zero-order valence-corrected chi connectivity index (χ0v) is 19.6. The SMILES string of the molecule is CCOC(=O)c1cn(C2CC2)c2c3c(c(F)cc2c1=O)N1C[C@](O)(COS(C)(=O)=O)C[C@@H]1CO3. The van der Waals surface area contributed by atoms with Crippen molar-refractivity contribution in [2.75, 3.05) is 37.5 Å². The van der Waals surface area contributed by atoms with Crippen LogP contribution in [0.25, 0.3) is 10.9 Å². The van der Waals surface area contributed by atoms with Crippen molar-refractivity contribution in [1.29, 1.82) is 0 Å². The maximum atomic E-state index is 15.5. The lowest BCUT2D eigenvalue weighted by Gasteiger charge is -2.34. The summed E-state index contributed by atoms with van der Waals surface area (Å²) in [4.78, 5) is 27.1. The normalized spacial score (nSPS) is 24.0. The summed E-state index contributed by atoms with van der Waals surface area (Å²) in [5.74, 6) is -1.33. The van der Waals surface area contributed by atoms with E-state index in [1.54, 1.807) is 16.4 Å². The number of aliphatic hydroxyl groups is 1. The number of anilines is 1. The van der Waals surface area contributed by atoms with Crippen LogP contribution in [0.1, 0.15) is 42.6 Å². The minimum Gasteiger partial charge on any atom is -0.487 e. The van der Waals surface area contributed by atoms with Crippen LogP contribution >= 0.6 is 0 Å². The molecule has 2 atom stereocenters. The van der Waals surface area contributed by atoms with E-state index in [1.807, 2.05) is 0 Å². The van der Waals surface area contributed by atoms with Crippen LogP contribution in [0.2, 0.25) is 0 Å². The number of aromatic nitrogens is 1. The zero-order valence-electron chi connectivity index (χ0n) is 18.7. The summed E-state index contributed by atoms with van der Waals surface area (Å²) >= 11 is 0. The van der Waals surface area contributed by atoms with Crippen molar-refractivity contribution in [2.45, 2.75) is 43.9 Å². The Hall–Kier alpha value is -2.70. The van der Waals surface area contributed by atoms with Crippen LogP contribution in [0, 0.1) is 5.82 Å². The molecule has 2 aromatic rings. The molecule has 12 heteroatoms. The molecule has 184 valence electrons. The summed E-state index contributed by atoms with van der Waals surface area (Å²) in [6, 6.07) is 0.715. The van der Waals surface area contributed by atoms with Gasteiger partial charge in [-0.05, 0) is 25.8 Å². The van der Waals surface area contributed by atoms with E-state index in [2.05, 4.69) is 0 Å². The Kier molecular flexibility index (Phi) is 5.37. The summed E-state index contributed by atoms with van der Waals surface area (Å²) in [5.41, 5.74) is -1.85. The number of rotatable bonds is 6. The molecule has 0 spiro atoms. The van der Waals surface area contributed by atoms with Gasteiger partial charge in [0.05, 0.1) is 36.4 Å². The molecule has 1 aromatic heterocycles. The number of carbonyl (C=O) groups is 1. The topological polar surface area (TPSA) is 124 Å². The number of hydrogen-bond donors (Lipinski definition) is 1. The van der Waals surface area contributed by atoms with Gasteiger partial charge < -0.3 is 24.0 Å². The summed E-state index contributed by atoms with van der Waals surface area (Å²) in [6.07, 6.45) is 4.14. The second-order valence-corrected chi connectivity index (χ2v) is 10.8. The number of nitrogens with zero attached hydrogens (tertiary/aromatic N) is 2. The van der Waals surface area contributed by atoms with E-state index in [0.717, 1.165) is 25.2 Å². The highest BCUT2D eigenvalue weighted by Crippen LogP contribution is 2.48. The maximum Gasteiger partial charge on any atom is 0.343 e. The molecule has 0 bridgehead atoms. The smallest absolute Gasteiger partial charge is 0.343 e. The summed E-state index contributed by atoms with van der Waals surface area (Å²) in [5, 5.41) is 11.0. The van der Waals surface area contributed by atoms with Crippen molar-refractivity contribution in [2.24, 2.45) is 0 Å². The number of benzene rings is 1. The highest BCUT2D eigenvalue weighted by atomic mass is 32.2. The monoisotopic (exact) mass is 496 g/mol. The Morgan fingerprint density at radius 1 is 1.35 bits per heavy atom. The molecule has 3 heterocycles. The van der Waals surface area contributed by atoms with Gasteiger partial charge in [-0.3, -0.25) is 8.98 Å². The van der Waals surface area contributed by atoms with Gasteiger partial charge in [0.25, 0.3) is 10.1 Å². The molecule has 1 saturated carbocycles. The summed E-state index contributed by atoms with van der Waals surface area (Å²) in [6.45, 7) is 1.31. The number of ether oxygens (including phenoxy) is 2. The number of esters is 1. The summed E-state index contributed by atoms with van der Waals surface area (Å²) < 4.78 is 55.9. The largest absolute Gasteiger partial charge is 0.487 e. The molecule has 1 N–H and O–H groups in total. The molecule has 0 unspecified atom stereocenters. The Bertz CT molecular complexity index is 1350. The van der Waals surface area contributed by atoms with E-state index >= 15 is 4.39 Å². The third kappa shape index (κ3) is 3.93. The average Bonchev–Trinajstić information content (AvgIpc) is 3.54. The molecule has 1 aliphatic carbocycles. The maximum absolute atomic E-state index is 15.5. The summed E-state index contributed by atoms with van der Waals surface area (Å²) in [7, 11) is -3.77. The third-order valence-electron chi connectivity index (χ3n) is 6.40. The highest BCUT2D eigenvalue weighted by Gasteiger charge is 2.48. The van der Waals surface area contributed by atoms with Gasteiger partial charge in [0.2, 0.25) is 5.43 Å². The van der Waals surface area contributed by atoms with E-state index in [4.69, 9.17) is 13.7 Å². The average molecular weight is 497 g/mol. The lowest BCUT2D eigenvalue weighted by atomic mass is 10.0. The quantitative estimate of drug-likeness (QED) is 0.466. The first kappa shape index (κ1) is 23.1. The van der Waals surface area contributed by atoms with Crippen LogP contribution in [0.5, 0.6) is 5.75 Å². The van der Waals surface area contributed by atoms with Crippen LogP contribution in [0.15, 0.2) is 17.1 Å². The van der Waals surface area contributed by atoms with Gasteiger partial charge in [-0.15, -0.1) is 0 Å². The Morgan fingerprint density at radius 3 is 2.74 bits per heavy atom. The molecule has 1 aromatic carbocycles. The van der Waals surface area contributed by atoms with Crippen molar-refractivity contribution in [3.63, 3.8) is 0 Å². The second-order valence-electron chi connectivity index (χ2n) is 9.15. The van der Waals surface area contributed by atoms with E-state index in [9.17, 15) is 23.1 Å². The molecule has 0 amide bonds. The molecule has 2 aliphatic heterocycles. The van der Waals surface area contributed by atoms with Crippen molar-refractivity contribution in [1.82, 2.24) is 4.57 Å². The van der Waals surface area contributed by atoms with Crippen LogP contribution in [0.3, 0.4) is 0 Å². The minimum atomic E-state index is -3.77. The lowest BCUT2D eigenvalue weighted by Crippen LogP contribution is -2.41. The Labute approximate surface area is 194 Å². The molecule has 0 radical (unpaired) electrons. The Balaban J connectivity index is 1.63. The number of carbonyl (C=O) groups excluding carboxylic acids is 1. The number of fused-ring (bicyclic) bond motifs is 5. The zero-order chi connectivity index (χ0) is 24.4. The van der Waals surface area contributed by atoms with Gasteiger partial charge in [0.1, 0.15) is 23.5 Å². The molecule has 34 heavy (non-hydrogen) atoms. The van der Waals surface area contributed by atoms with Gasteiger partial charge in [0, 0.05) is 25.2 Å². The van der Waals surface area contributed by atoms with Gasteiger partial charge in [-0.2, -0.15) is 8.42 Å². The molecule has 1 saturated heterocycles. The van der Waals surface area contributed by atoms with E-state index in [1.165, 1.54) is 6.20 Å². The van der Waals surface area contributed by atoms with Crippen LogP contribution in [-0.4, -0.2) is 68.3 Å². The first-order chi connectivity index (χ1) is 16.0. The molecule has 10 nitrogen and oxygen atoms in total. The third-order valence-corrected chi connectivity index (χ3v) is 6.95. The number of hydrogen-bond acceptors (Lipinski definition) is 9. The minimum absolute atomic E-state index is 0.0158. The van der Waals surface area contributed by atoms with Gasteiger partial charge in [-0.1, -0.05) is 0 Å². The van der Waals surface area contributed by atoms with Crippen molar-refractivity contribution in [3.05, 3.63) is 33.9 Å². The number of halogens is 1. The fourth-order valence-corrected chi connectivity index (χ4v) is 5.25.